The fourth-order valence-corrected chi connectivity index (χ4v) is 4.67. The summed E-state index contributed by atoms with van der Waals surface area (Å²) in [4.78, 5) is 14.1. The summed E-state index contributed by atoms with van der Waals surface area (Å²) in [6, 6.07) is 1.74. The largest absolute Gasteiger partial charge is 0.346 e. The van der Waals surface area contributed by atoms with Crippen molar-refractivity contribution in [2.75, 3.05) is 19.6 Å². The van der Waals surface area contributed by atoms with Crippen LogP contribution in [0.1, 0.15) is 61.7 Å². The van der Waals surface area contributed by atoms with Crippen LogP contribution in [-0.4, -0.2) is 31.1 Å². The summed E-state index contributed by atoms with van der Waals surface area (Å²) >= 11 is 5.93. The smallest absolute Gasteiger partial charge is 0.253 e. The topological polar surface area (TPSA) is 33.5 Å². The predicted octanol–water partition coefficient (Wildman–Crippen LogP) is 3.12. The van der Waals surface area contributed by atoms with Gasteiger partial charge in [0.05, 0.1) is 30.2 Å². The molecule has 2 fully saturated rings. The highest BCUT2D eigenvalue weighted by Gasteiger charge is 2.42. The van der Waals surface area contributed by atoms with Gasteiger partial charge in [-0.2, -0.15) is 0 Å². The Balaban J connectivity index is 1.72. The van der Waals surface area contributed by atoms with E-state index in [2.05, 4.69) is 5.32 Å². The lowest BCUT2D eigenvalue weighted by Crippen LogP contribution is -3.22. The lowest BCUT2D eigenvalue weighted by Gasteiger charge is -2.45. The average Bonchev–Trinajstić information content (AvgIpc) is 2.64. The zero-order chi connectivity index (χ0) is 17.9. The van der Waals surface area contributed by atoms with Crippen molar-refractivity contribution < 1.29 is 18.5 Å². The number of halogens is 3. The number of hydrogen-bond donors (Lipinski definition) is 2. The van der Waals surface area contributed by atoms with Crippen LogP contribution in [0.3, 0.4) is 0 Å². The van der Waals surface area contributed by atoms with Crippen LogP contribution in [0.2, 0.25) is 5.02 Å². The van der Waals surface area contributed by atoms with Crippen LogP contribution in [0, 0.1) is 11.6 Å². The van der Waals surface area contributed by atoms with Crippen molar-refractivity contribution in [2.45, 2.75) is 56.9 Å². The number of hydrogen-bond acceptors (Lipinski definition) is 1. The van der Waals surface area contributed by atoms with Crippen LogP contribution in [0.4, 0.5) is 8.78 Å². The second kappa shape index (κ2) is 8.00. The monoisotopic (exact) mass is 371 g/mol. The van der Waals surface area contributed by atoms with Gasteiger partial charge in [0.1, 0.15) is 5.54 Å². The van der Waals surface area contributed by atoms with E-state index in [1.807, 2.05) is 0 Å². The molecular formula is C19H26ClF2N2O+. The highest BCUT2D eigenvalue weighted by atomic mass is 35.5. The van der Waals surface area contributed by atoms with Gasteiger partial charge in [-0.05, 0) is 44.2 Å². The summed E-state index contributed by atoms with van der Waals surface area (Å²) in [6.07, 6.45) is 9.59. The summed E-state index contributed by atoms with van der Waals surface area (Å²) in [5.41, 5.74) is 0.0690. The minimum Gasteiger partial charge on any atom is -0.346 e. The fraction of sp³-hybridized carbons (Fsp3) is 0.632. The molecule has 2 aliphatic rings. The Morgan fingerprint density at radius 2 is 1.64 bits per heavy atom. The molecule has 1 aliphatic carbocycles. The molecule has 0 atom stereocenters. The number of carbonyl (C=O) groups is 1. The molecule has 0 radical (unpaired) electrons. The molecule has 1 aromatic rings. The van der Waals surface area contributed by atoms with Crippen molar-refractivity contribution >= 4 is 17.5 Å². The van der Waals surface area contributed by atoms with Crippen LogP contribution in [0.5, 0.6) is 0 Å². The number of piperidine rings is 1. The van der Waals surface area contributed by atoms with Crippen LogP contribution in [-0.2, 0) is 0 Å². The van der Waals surface area contributed by atoms with Crippen molar-refractivity contribution in [1.29, 1.82) is 0 Å². The molecule has 1 aliphatic heterocycles. The minimum atomic E-state index is -1.05. The Kier molecular flexibility index (Phi) is 5.95. The first kappa shape index (κ1) is 18.6. The molecule has 1 amide bonds. The highest BCUT2D eigenvalue weighted by molar-refractivity contribution is 6.33. The van der Waals surface area contributed by atoms with E-state index in [0.717, 1.165) is 38.1 Å². The third-order valence-corrected chi connectivity index (χ3v) is 6.17. The third-order valence-electron chi connectivity index (χ3n) is 5.86. The number of likely N-dealkylation sites (tertiary alicyclic amines) is 1. The standard InChI is InChI=1S/C19H25ClF2N2O/c20-15-12-17(22)16(21)11-14(15)18(25)23-13-19(7-3-1-4-8-19)24-9-5-2-6-10-24/h11-12H,1-10,13H2,(H,23,25)/p+1. The van der Waals surface area contributed by atoms with Crippen LogP contribution in [0.25, 0.3) is 0 Å². The first-order chi connectivity index (χ1) is 12.0. The van der Waals surface area contributed by atoms with Gasteiger partial charge in [-0.25, -0.2) is 8.78 Å². The molecule has 1 heterocycles. The van der Waals surface area contributed by atoms with Crippen molar-refractivity contribution in [3.8, 4) is 0 Å². The molecule has 1 saturated heterocycles. The number of amides is 1. The third kappa shape index (κ3) is 4.14. The Hall–Kier alpha value is -1.20. The summed E-state index contributed by atoms with van der Waals surface area (Å²) in [6.45, 7) is 2.88. The molecular weight excluding hydrogens is 346 g/mol. The summed E-state index contributed by atoms with van der Waals surface area (Å²) in [5, 5.41) is 2.90. The molecule has 2 N–H and O–H groups in total. The fourth-order valence-electron chi connectivity index (χ4n) is 4.43. The first-order valence-electron chi connectivity index (χ1n) is 9.30. The zero-order valence-electron chi connectivity index (χ0n) is 14.5. The predicted molar refractivity (Wildman–Crippen MR) is 94.1 cm³/mol. The Morgan fingerprint density at radius 1 is 1.04 bits per heavy atom. The van der Waals surface area contributed by atoms with E-state index in [9.17, 15) is 13.6 Å². The molecule has 3 rings (SSSR count). The lowest BCUT2D eigenvalue weighted by atomic mass is 9.79. The second-order valence-electron chi connectivity index (χ2n) is 7.43. The maximum atomic E-state index is 13.5. The van der Waals surface area contributed by atoms with Crippen molar-refractivity contribution in [2.24, 2.45) is 0 Å². The van der Waals surface area contributed by atoms with E-state index < -0.39 is 17.5 Å². The molecule has 0 unspecified atom stereocenters. The van der Waals surface area contributed by atoms with Crippen LogP contribution >= 0.6 is 11.6 Å². The Morgan fingerprint density at radius 3 is 2.32 bits per heavy atom. The van der Waals surface area contributed by atoms with E-state index in [-0.39, 0.29) is 16.1 Å². The summed E-state index contributed by atoms with van der Waals surface area (Å²) < 4.78 is 26.7. The molecule has 138 valence electrons. The van der Waals surface area contributed by atoms with E-state index in [4.69, 9.17) is 11.6 Å². The van der Waals surface area contributed by atoms with Crippen molar-refractivity contribution in [3.63, 3.8) is 0 Å². The van der Waals surface area contributed by atoms with E-state index in [1.54, 1.807) is 4.90 Å². The number of carbonyl (C=O) groups excluding carboxylic acids is 1. The van der Waals surface area contributed by atoms with Gasteiger partial charge in [0.2, 0.25) is 0 Å². The normalized spacial score (nSPS) is 21.1. The number of benzene rings is 1. The molecule has 1 aromatic carbocycles. The van der Waals surface area contributed by atoms with Crippen LogP contribution in [0.15, 0.2) is 12.1 Å². The van der Waals surface area contributed by atoms with Gasteiger partial charge in [0.15, 0.2) is 11.6 Å². The Labute approximate surface area is 152 Å². The van der Waals surface area contributed by atoms with E-state index >= 15 is 0 Å². The maximum Gasteiger partial charge on any atom is 0.253 e. The summed E-state index contributed by atoms with van der Waals surface area (Å²) in [5.74, 6) is -2.52. The number of quaternary nitrogens is 1. The van der Waals surface area contributed by atoms with Gasteiger partial charge >= 0.3 is 0 Å². The van der Waals surface area contributed by atoms with Gasteiger partial charge in [0, 0.05) is 12.8 Å². The van der Waals surface area contributed by atoms with Gasteiger partial charge in [-0.3, -0.25) is 4.79 Å². The quantitative estimate of drug-likeness (QED) is 0.783. The molecule has 1 saturated carbocycles. The minimum absolute atomic E-state index is 0.000158. The van der Waals surface area contributed by atoms with Gasteiger partial charge in [-0.1, -0.05) is 18.0 Å². The molecule has 25 heavy (non-hydrogen) atoms. The maximum absolute atomic E-state index is 13.5. The van der Waals surface area contributed by atoms with E-state index in [1.165, 1.54) is 38.5 Å². The molecule has 0 aromatic heterocycles. The first-order valence-corrected chi connectivity index (χ1v) is 9.68. The number of rotatable bonds is 4. The summed E-state index contributed by atoms with van der Waals surface area (Å²) in [7, 11) is 0. The van der Waals surface area contributed by atoms with Crippen molar-refractivity contribution in [1.82, 2.24) is 5.32 Å². The zero-order valence-corrected chi connectivity index (χ0v) is 15.2. The van der Waals surface area contributed by atoms with Crippen LogP contribution < -0.4 is 10.2 Å². The lowest BCUT2D eigenvalue weighted by molar-refractivity contribution is -0.957. The number of nitrogens with one attached hydrogen (secondary N) is 2. The molecule has 0 spiro atoms. The molecule has 0 bridgehead atoms. The van der Waals surface area contributed by atoms with E-state index in [0.29, 0.717) is 6.54 Å². The van der Waals surface area contributed by atoms with Gasteiger partial charge in [0.25, 0.3) is 5.91 Å². The molecule has 3 nitrogen and oxygen atoms in total. The van der Waals surface area contributed by atoms with Gasteiger partial charge < -0.3 is 10.2 Å². The second-order valence-corrected chi connectivity index (χ2v) is 7.84. The highest BCUT2D eigenvalue weighted by Crippen LogP contribution is 2.26. The van der Waals surface area contributed by atoms with Crippen molar-refractivity contribution in [3.05, 3.63) is 34.4 Å². The molecule has 6 heteroatoms. The average molecular weight is 372 g/mol. The van der Waals surface area contributed by atoms with Gasteiger partial charge in [-0.15, -0.1) is 0 Å². The SMILES string of the molecule is O=C(NCC1([NH+]2CCCCC2)CCCCC1)c1cc(F)c(F)cc1Cl. The Bertz CT molecular complexity index is 626.